The Hall–Kier alpha value is -0.770. The highest BCUT2D eigenvalue weighted by Crippen LogP contribution is 2.24. The minimum Gasteiger partial charge on any atom is -0.396 e. The second kappa shape index (κ2) is 7.87. The van der Waals surface area contributed by atoms with Crippen LogP contribution in [0, 0.1) is 11.3 Å². The van der Waals surface area contributed by atoms with Crippen molar-refractivity contribution >= 4 is 6.03 Å². The number of aliphatic hydroxyl groups is 1. The first-order valence-corrected chi connectivity index (χ1v) is 7.98. The summed E-state index contributed by atoms with van der Waals surface area (Å²) in [5.41, 5.74) is 0.315. The summed E-state index contributed by atoms with van der Waals surface area (Å²) in [6, 6.07) is 0.439. The van der Waals surface area contributed by atoms with Crippen LogP contribution in [0.5, 0.6) is 0 Å². The predicted octanol–water partition coefficient (Wildman–Crippen LogP) is 3.05. The second-order valence-electron chi connectivity index (χ2n) is 7.52. The molecule has 0 aliphatic heterocycles. The molecule has 0 aromatic heterocycles. The molecule has 118 valence electrons. The summed E-state index contributed by atoms with van der Waals surface area (Å²) in [6.45, 7) is 9.01. The monoisotopic (exact) mass is 284 g/mol. The molecule has 0 heterocycles. The fourth-order valence-electron chi connectivity index (χ4n) is 2.66. The maximum absolute atomic E-state index is 11.9. The maximum Gasteiger partial charge on any atom is 0.315 e. The summed E-state index contributed by atoms with van der Waals surface area (Å²) >= 11 is 0. The van der Waals surface area contributed by atoms with Crippen molar-refractivity contribution in [2.45, 2.75) is 78.3 Å². The first-order valence-electron chi connectivity index (χ1n) is 7.98. The summed E-state index contributed by atoms with van der Waals surface area (Å²) in [5.74, 6) is 0.432. The van der Waals surface area contributed by atoms with Gasteiger partial charge >= 0.3 is 6.03 Å². The predicted molar refractivity (Wildman–Crippen MR) is 82.7 cm³/mol. The van der Waals surface area contributed by atoms with Gasteiger partial charge < -0.3 is 15.7 Å². The van der Waals surface area contributed by atoms with Gasteiger partial charge in [-0.15, -0.1) is 0 Å². The van der Waals surface area contributed by atoms with Crippen LogP contribution in [-0.4, -0.2) is 29.8 Å². The summed E-state index contributed by atoms with van der Waals surface area (Å²) in [4.78, 5) is 11.9. The van der Waals surface area contributed by atoms with Crippen LogP contribution in [0.25, 0.3) is 0 Å². The smallest absolute Gasteiger partial charge is 0.315 e. The third kappa shape index (κ3) is 7.13. The number of carbonyl (C=O) groups excluding carboxylic acids is 1. The van der Waals surface area contributed by atoms with Crippen LogP contribution in [0.4, 0.5) is 4.79 Å². The van der Waals surface area contributed by atoms with Crippen LogP contribution in [0.15, 0.2) is 0 Å². The Morgan fingerprint density at radius 3 is 2.35 bits per heavy atom. The lowest BCUT2D eigenvalue weighted by molar-refractivity contribution is 0.174. The molecule has 1 saturated carbocycles. The van der Waals surface area contributed by atoms with Crippen LogP contribution in [-0.2, 0) is 0 Å². The van der Waals surface area contributed by atoms with Crippen molar-refractivity contribution in [3.8, 4) is 0 Å². The molecule has 0 aromatic carbocycles. The summed E-state index contributed by atoms with van der Waals surface area (Å²) in [7, 11) is 0. The quantitative estimate of drug-likeness (QED) is 0.726. The number of hydrogen-bond acceptors (Lipinski definition) is 2. The molecule has 20 heavy (non-hydrogen) atoms. The summed E-state index contributed by atoms with van der Waals surface area (Å²) in [6.07, 6.45) is 6.11. The minimum absolute atomic E-state index is 0.0427. The van der Waals surface area contributed by atoms with Gasteiger partial charge in [0.05, 0.1) is 0 Å². The molecule has 0 aromatic rings. The van der Waals surface area contributed by atoms with E-state index < -0.39 is 0 Å². The topological polar surface area (TPSA) is 61.4 Å². The molecule has 1 fully saturated rings. The number of amides is 2. The summed E-state index contributed by atoms with van der Waals surface area (Å²) in [5, 5.41) is 15.2. The fourth-order valence-corrected chi connectivity index (χ4v) is 2.66. The molecule has 0 saturated heterocycles. The first kappa shape index (κ1) is 17.3. The van der Waals surface area contributed by atoms with Gasteiger partial charge in [-0.3, -0.25) is 0 Å². The van der Waals surface area contributed by atoms with Crippen LogP contribution < -0.4 is 10.6 Å². The standard InChI is InChI=1S/C16H32N2O2/c1-12(9-10-16(2,3)4)17-15(20)18-14-7-5-13(11-19)6-8-14/h12-14,19H,5-11H2,1-4H3,(H2,17,18,20). The Morgan fingerprint density at radius 2 is 1.85 bits per heavy atom. The van der Waals surface area contributed by atoms with Crippen molar-refractivity contribution in [2.75, 3.05) is 6.61 Å². The minimum atomic E-state index is -0.0427. The molecule has 1 unspecified atom stereocenters. The van der Waals surface area contributed by atoms with E-state index in [-0.39, 0.29) is 24.7 Å². The van der Waals surface area contributed by atoms with Crippen LogP contribution in [0.2, 0.25) is 0 Å². The third-order valence-electron chi connectivity index (χ3n) is 4.15. The Bertz CT molecular complexity index is 291. The van der Waals surface area contributed by atoms with Gasteiger partial charge in [0.25, 0.3) is 0 Å². The van der Waals surface area contributed by atoms with Gasteiger partial charge in [0.1, 0.15) is 0 Å². The molecule has 2 amide bonds. The molecular formula is C16H32N2O2. The molecule has 1 aliphatic rings. The van der Waals surface area contributed by atoms with Gasteiger partial charge in [-0.25, -0.2) is 4.79 Å². The van der Waals surface area contributed by atoms with Crippen molar-refractivity contribution in [3.05, 3.63) is 0 Å². The molecule has 1 atom stereocenters. The molecule has 0 spiro atoms. The molecular weight excluding hydrogens is 252 g/mol. The van der Waals surface area contributed by atoms with E-state index in [9.17, 15) is 4.79 Å². The second-order valence-corrected chi connectivity index (χ2v) is 7.52. The molecule has 4 heteroatoms. The van der Waals surface area contributed by atoms with Gasteiger partial charge in [-0.05, 0) is 56.8 Å². The number of aliphatic hydroxyl groups excluding tert-OH is 1. The highest BCUT2D eigenvalue weighted by Gasteiger charge is 2.22. The van der Waals surface area contributed by atoms with Gasteiger partial charge in [-0.1, -0.05) is 20.8 Å². The SMILES string of the molecule is CC(CCC(C)(C)C)NC(=O)NC1CCC(CO)CC1. The van der Waals surface area contributed by atoms with Crippen LogP contribution in [0.3, 0.4) is 0 Å². The first-order chi connectivity index (χ1) is 9.30. The van der Waals surface area contributed by atoms with E-state index in [0.29, 0.717) is 11.3 Å². The van der Waals surface area contributed by atoms with Gasteiger partial charge in [0.15, 0.2) is 0 Å². The lowest BCUT2D eigenvalue weighted by Gasteiger charge is -2.28. The van der Waals surface area contributed by atoms with E-state index in [4.69, 9.17) is 5.11 Å². The van der Waals surface area contributed by atoms with E-state index >= 15 is 0 Å². The molecule has 1 aliphatic carbocycles. The van der Waals surface area contributed by atoms with E-state index in [1.54, 1.807) is 0 Å². The van der Waals surface area contributed by atoms with Crippen molar-refractivity contribution in [3.63, 3.8) is 0 Å². The number of nitrogens with one attached hydrogen (secondary N) is 2. The number of rotatable bonds is 5. The van der Waals surface area contributed by atoms with Crippen LogP contribution in [0.1, 0.15) is 66.2 Å². The average molecular weight is 284 g/mol. The largest absolute Gasteiger partial charge is 0.396 e. The van der Waals surface area contributed by atoms with Crippen molar-refractivity contribution < 1.29 is 9.90 Å². The molecule has 4 nitrogen and oxygen atoms in total. The zero-order valence-electron chi connectivity index (χ0n) is 13.5. The lowest BCUT2D eigenvalue weighted by Crippen LogP contribution is -2.46. The fraction of sp³-hybridized carbons (Fsp3) is 0.938. The van der Waals surface area contributed by atoms with Gasteiger partial charge in [0, 0.05) is 18.7 Å². The zero-order chi connectivity index (χ0) is 15.2. The Balaban J connectivity index is 2.20. The average Bonchev–Trinajstić information content (AvgIpc) is 2.36. The third-order valence-corrected chi connectivity index (χ3v) is 4.15. The molecule has 0 radical (unpaired) electrons. The normalized spacial score (nSPS) is 25.1. The Labute approximate surface area is 123 Å². The Morgan fingerprint density at radius 1 is 1.25 bits per heavy atom. The highest BCUT2D eigenvalue weighted by molar-refractivity contribution is 5.74. The maximum atomic E-state index is 11.9. The molecule has 3 N–H and O–H groups in total. The van der Waals surface area contributed by atoms with E-state index in [2.05, 4.69) is 38.3 Å². The number of carbonyl (C=O) groups is 1. The molecule has 0 bridgehead atoms. The van der Waals surface area contributed by atoms with Gasteiger partial charge in [-0.2, -0.15) is 0 Å². The van der Waals surface area contributed by atoms with Crippen LogP contribution >= 0.6 is 0 Å². The number of urea groups is 1. The van der Waals surface area contributed by atoms with Crippen molar-refractivity contribution in [1.29, 1.82) is 0 Å². The van der Waals surface area contributed by atoms with Crippen molar-refractivity contribution in [2.24, 2.45) is 11.3 Å². The van der Waals surface area contributed by atoms with E-state index in [1.165, 1.54) is 0 Å². The Kier molecular flexibility index (Phi) is 6.80. The van der Waals surface area contributed by atoms with E-state index in [0.717, 1.165) is 38.5 Å². The number of hydrogen-bond donors (Lipinski definition) is 3. The van der Waals surface area contributed by atoms with Crippen molar-refractivity contribution in [1.82, 2.24) is 10.6 Å². The summed E-state index contributed by atoms with van der Waals surface area (Å²) < 4.78 is 0. The zero-order valence-corrected chi connectivity index (χ0v) is 13.5. The highest BCUT2D eigenvalue weighted by atomic mass is 16.3. The lowest BCUT2D eigenvalue weighted by atomic mass is 9.86. The molecule has 1 rings (SSSR count). The van der Waals surface area contributed by atoms with Gasteiger partial charge in [0.2, 0.25) is 0 Å². The van der Waals surface area contributed by atoms with E-state index in [1.807, 2.05) is 0 Å².